The van der Waals surface area contributed by atoms with E-state index in [2.05, 4.69) is 47.7 Å². The lowest BCUT2D eigenvalue weighted by molar-refractivity contribution is 0.0643. The Morgan fingerprint density at radius 2 is 2.12 bits per heavy atom. The van der Waals surface area contributed by atoms with Gasteiger partial charge in [0.2, 0.25) is 0 Å². The molecule has 6 heteroatoms. The van der Waals surface area contributed by atoms with Gasteiger partial charge in [-0.1, -0.05) is 0 Å². The van der Waals surface area contributed by atoms with Crippen molar-refractivity contribution < 1.29 is 4.79 Å². The normalized spacial score (nSPS) is 17.3. The predicted octanol–water partition coefficient (Wildman–Crippen LogP) is 3.34. The second kappa shape index (κ2) is 5.72. The van der Waals surface area contributed by atoms with E-state index in [1.807, 2.05) is 28.6 Å². The number of carbonyl (C=O) groups excluding carboxylic acids is 1. The smallest absolute Gasteiger partial charge is 0.256 e. The second-order valence-electron chi connectivity index (χ2n) is 7.02. The topological polar surface area (TPSA) is 56.0 Å². The summed E-state index contributed by atoms with van der Waals surface area (Å²) >= 11 is 0. The Labute approximate surface area is 147 Å². The third-order valence-corrected chi connectivity index (χ3v) is 5.08. The van der Waals surface area contributed by atoms with E-state index < -0.39 is 0 Å². The molecular weight excluding hydrogens is 314 g/mol. The van der Waals surface area contributed by atoms with Crippen molar-refractivity contribution in [2.24, 2.45) is 0 Å². The van der Waals surface area contributed by atoms with Crippen LogP contribution >= 0.6 is 0 Å². The van der Waals surface area contributed by atoms with E-state index >= 15 is 0 Å². The van der Waals surface area contributed by atoms with Crippen molar-refractivity contribution in [2.45, 2.75) is 46.3 Å². The number of hydrogen-bond donors (Lipinski definition) is 0. The number of aromatic nitrogens is 4. The quantitative estimate of drug-likeness (QED) is 0.721. The lowest BCUT2D eigenvalue weighted by Crippen LogP contribution is -2.41. The van der Waals surface area contributed by atoms with Crippen LogP contribution in [0.1, 0.15) is 54.6 Å². The average molecular weight is 337 g/mol. The lowest BCUT2D eigenvalue weighted by Gasteiger charge is -2.35. The van der Waals surface area contributed by atoms with Crippen molar-refractivity contribution in [2.75, 3.05) is 6.54 Å². The van der Waals surface area contributed by atoms with Gasteiger partial charge in [-0.05, 0) is 45.9 Å². The van der Waals surface area contributed by atoms with Crippen LogP contribution in [0.2, 0.25) is 0 Å². The van der Waals surface area contributed by atoms with Gasteiger partial charge in [-0.15, -0.1) is 0 Å². The largest absolute Gasteiger partial charge is 0.348 e. The fraction of sp³-hybridized carbons (Fsp3) is 0.421. The number of aryl methyl sites for hydroxylation is 1. The van der Waals surface area contributed by atoms with Crippen LogP contribution in [0.3, 0.4) is 0 Å². The molecule has 0 spiro atoms. The molecule has 4 rings (SSSR count). The summed E-state index contributed by atoms with van der Waals surface area (Å²) < 4.78 is 4.11. The molecule has 3 aromatic rings. The van der Waals surface area contributed by atoms with Crippen molar-refractivity contribution in [3.63, 3.8) is 0 Å². The van der Waals surface area contributed by atoms with Gasteiger partial charge in [-0.25, -0.2) is 9.67 Å². The van der Waals surface area contributed by atoms with Crippen molar-refractivity contribution in [3.05, 3.63) is 47.5 Å². The standard InChI is InChI=1S/C19H23N5O/c1-12(2)24-18-15(11-20-24)10-16(13(3)21-18)19(25)23-9-8-22-7-5-6-17(22)14(23)4/h5-7,10-12,14H,8-9H2,1-4H3/t14-/m0/s1. The zero-order valence-corrected chi connectivity index (χ0v) is 15.1. The molecule has 0 radical (unpaired) electrons. The van der Waals surface area contributed by atoms with Crippen LogP contribution in [-0.2, 0) is 6.54 Å². The van der Waals surface area contributed by atoms with Crippen LogP contribution in [0, 0.1) is 6.92 Å². The van der Waals surface area contributed by atoms with E-state index in [9.17, 15) is 4.79 Å². The molecule has 0 aromatic carbocycles. The summed E-state index contributed by atoms with van der Waals surface area (Å²) in [6.07, 6.45) is 3.87. The van der Waals surface area contributed by atoms with Crippen LogP contribution in [0.5, 0.6) is 0 Å². The summed E-state index contributed by atoms with van der Waals surface area (Å²) in [5.74, 6) is 0.0455. The Bertz CT molecular complexity index is 952. The highest BCUT2D eigenvalue weighted by Gasteiger charge is 2.29. The molecule has 0 aliphatic carbocycles. The van der Waals surface area contributed by atoms with E-state index in [4.69, 9.17) is 0 Å². The number of hydrogen-bond acceptors (Lipinski definition) is 3. The van der Waals surface area contributed by atoms with Crippen molar-refractivity contribution in [3.8, 4) is 0 Å². The zero-order chi connectivity index (χ0) is 17.7. The van der Waals surface area contributed by atoms with Gasteiger partial charge in [-0.2, -0.15) is 5.10 Å². The molecule has 0 bridgehead atoms. The van der Waals surface area contributed by atoms with Crippen LogP contribution in [0.25, 0.3) is 11.0 Å². The number of nitrogens with zero attached hydrogens (tertiary/aromatic N) is 5. The number of carbonyl (C=O) groups is 1. The van der Waals surface area contributed by atoms with Gasteiger partial charge >= 0.3 is 0 Å². The van der Waals surface area contributed by atoms with E-state index in [1.165, 1.54) is 5.69 Å². The molecule has 0 fully saturated rings. The molecule has 1 amide bonds. The SMILES string of the molecule is Cc1nc2c(cnn2C(C)C)cc1C(=O)N1CCn2cccc2[C@@H]1C. The molecular formula is C19H23N5O. The van der Waals surface area contributed by atoms with E-state index in [0.29, 0.717) is 12.1 Å². The van der Waals surface area contributed by atoms with Gasteiger partial charge in [-0.3, -0.25) is 4.79 Å². The van der Waals surface area contributed by atoms with E-state index in [0.717, 1.165) is 23.3 Å². The molecule has 1 aliphatic heterocycles. The fourth-order valence-electron chi connectivity index (χ4n) is 3.67. The molecule has 6 nitrogen and oxygen atoms in total. The molecule has 0 N–H and O–H groups in total. The maximum atomic E-state index is 13.2. The molecule has 0 unspecified atom stereocenters. The van der Waals surface area contributed by atoms with Crippen LogP contribution in [0.15, 0.2) is 30.6 Å². The minimum absolute atomic E-state index is 0.0455. The summed E-state index contributed by atoms with van der Waals surface area (Å²) in [5.41, 5.74) is 3.44. The molecule has 3 aromatic heterocycles. The third-order valence-electron chi connectivity index (χ3n) is 5.08. The Morgan fingerprint density at radius 1 is 1.32 bits per heavy atom. The molecule has 1 aliphatic rings. The molecule has 130 valence electrons. The number of fused-ring (bicyclic) bond motifs is 2. The first-order valence-corrected chi connectivity index (χ1v) is 8.78. The Balaban J connectivity index is 1.72. The minimum atomic E-state index is 0.0455. The molecule has 25 heavy (non-hydrogen) atoms. The Morgan fingerprint density at radius 3 is 2.88 bits per heavy atom. The van der Waals surface area contributed by atoms with Gasteiger partial charge in [0.25, 0.3) is 5.91 Å². The maximum absolute atomic E-state index is 13.2. The first-order chi connectivity index (χ1) is 12.0. The fourth-order valence-corrected chi connectivity index (χ4v) is 3.67. The highest BCUT2D eigenvalue weighted by atomic mass is 16.2. The van der Waals surface area contributed by atoms with Gasteiger partial charge in [0.1, 0.15) is 0 Å². The van der Waals surface area contributed by atoms with E-state index in [-0.39, 0.29) is 18.0 Å². The number of pyridine rings is 1. The first kappa shape index (κ1) is 15.9. The van der Waals surface area contributed by atoms with Crippen molar-refractivity contribution >= 4 is 16.9 Å². The molecule has 0 saturated carbocycles. The zero-order valence-electron chi connectivity index (χ0n) is 15.1. The van der Waals surface area contributed by atoms with Crippen molar-refractivity contribution in [1.29, 1.82) is 0 Å². The van der Waals surface area contributed by atoms with Crippen LogP contribution in [-0.4, -0.2) is 36.7 Å². The third kappa shape index (κ3) is 2.44. The average Bonchev–Trinajstić information content (AvgIpc) is 3.20. The predicted molar refractivity (Wildman–Crippen MR) is 96.5 cm³/mol. The first-order valence-electron chi connectivity index (χ1n) is 8.78. The van der Waals surface area contributed by atoms with Gasteiger partial charge in [0, 0.05) is 36.4 Å². The van der Waals surface area contributed by atoms with E-state index in [1.54, 1.807) is 6.20 Å². The summed E-state index contributed by atoms with van der Waals surface area (Å²) in [4.78, 5) is 19.8. The lowest BCUT2D eigenvalue weighted by atomic mass is 10.1. The highest BCUT2D eigenvalue weighted by molar-refractivity contribution is 5.98. The van der Waals surface area contributed by atoms with Crippen LogP contribution < -0.4 is 0 Å². The van der Waals surface area contributed by atoms with Crippen molar-refractivity contribution in [1.82, 2.24) is 24.2 Å². The van der Waals surface area contributed by atoms with Gasteiger partial charge in [0.05, 0.1) is 23.5 Å². The van der Waals surface area contributed by atoms with Gasteiger partial charge in [0.15, 0.2) is 5.65 Å². The summed E-state index contributed by atoms with van der Waals surface area (Å²) in [7, 11) is 0. The number of rotatable bonds is 2. The van der Waals surface area contributed by atoms with Crippen LogP contribution in [0.4, 0.5) is 0 Å². The Hall–Kier alpha value is -2.63. The molecule has 1 atom stereocenters. The number of amides is 1. The maximum Gasteiger partial charge on any atom is 0.256 e. The van der Waals surface area contributed by atoms with Gasteiger partial charge < -0.3 is 9.47 Å². The second-order valence-corrected chi connectivity index (χ2v) is 7.02. The summed E-state index contributed by atoms with van der Waals surface area (Å²) in [6, 6.07) is 6.36. The Kier molecular flexibility index (Phi) is 3.63. The minimum Gasteiger partial charge on any atom is -0.348 e. The summed E-state index contributed by atoms with van der Waals surface area (Å²) in [6.45, 7) is 9.69. The summed E-state index contributed by atoms with van der Waals surface area (Å²) in [5, 5.41) is 5.33. The molecule has 0 saturated heterocycles. The monoisotopic (exact) mass is 337 g/mol. The molecule has 4 heterocycles. The highest BCUT2D eigenvalue weighted by Crippen LogP contribution is 2.28.